The van der Waals surface area contributed by atoms with Gasteiger partial charge in [0.25, 0.3) is 0 Å². The van der Waals surface area contributed by atoms with Crippen molar-refractivity contribution in [3.05, 3.63) is 0 Å². The average Bonchev–Trinajstić information content (AvgIpc) is 2.05. The third-order valence-electron chi connectivity index (χ3n) is 3.12. The number of carbonyl (C=O) groups excluding carboxylic acids is 1. The summed E-state index contributed by atoms with van der Waals surface area (Å²) in [5.74, 6) is 0.145. The van der Waals surface area contributed by atoms with Gasteiger partial charge in [-0.2, -0.15) is 0 Å². The van der Waals surface area contributed by atoms with Crippen molar-refractivity contribution >= 4 is 5.91 Å². The van der Waals surface area contributed by atoms with Crippen LogP contribution in [0.25, 0.3) is 0 Å². The molecule has 1 aliphatic carbocycles. The van der Waals surface area contributed by atoms with Crippen molar-refractivity contribution in [2.24, 2.45) is 5.41 Å². The first-order chi connectivity index (χ1) is 6.20. The van der Waals surface area contributed by atoms with Gasteiger partial charge in [0.05, 0.1) is 12.0 Å². The van der Waals surface area contributed by atoms with Gasteiger partial charge in [-0.15, -0.1) is 0 Å². The van der Waals surface area contributed by atoms with Gasteiger partial charge >= 0.3 is 0 Å². The van der Waals surface area contributed by atoms with E-state index in [0.717, 1.165) is 32.4 Å². The molecule has 3 nitrogen and oxygen atoms in total. The zero-order valence-electron chi connectivity index (χ0n) is 8.55. The highest BCUT2D eigenvalue weighted by Crippen LogP contribution is 2.41. The quantitative estimate of drug-likeness (QED) is 0.710. The summed E-state index contributed by atoms with van der Waals surface area (Å²) in [5, 5.41) is 9.20. The molecular weight excluding hydrogens is 166 g/mol. The van der Waals surface area contributed by atoms with Crippen LogP contribution in [-0.4, -0.2) is 35.6 Å². The van der Waals surface area contributed by atoms with E-state index in [-0.39, 0.29) is 12.5 Å². The largest absolute Gasteiger partial charge is 0.395 e. The number of rotatable bonds is 4. The number of aliphatic hydroxyl groups is 1. The second-order valence-corrected chi connectivity index (χ2v) is 3.77. The molecule has 0 unspecified atom stereocenters. The molecule has 0 bridgehead atoms. The molecule has 1 fully saturated rings. The molecule has 0 spiro atoms. The van der Waals surface area contributed by atoms with Gasteiger partial charge in [-0.3, -0.25) is 4.79 Å². The lowest BCUT2D eigenvalue weighted by atomic mass is 9.68. The molecule has 0 saturated heterocycles. The molecule has 76 valence electrons. The van der Waals surface area contributed by atoms with E-state index >= 15 is 0 Å². The van der Waals surface area contributed by atoms with Crippen molar-refractivity contribution in [2.45, 2.75) is 33.1 Å². The molecule has 0 aromatic rings. The molecule has 3 heteroatoms. The first-order valence-electron chi connectivity index (χ1n) is 5.10. The Morgan fingerprint density at radius 2 is 1.92 bits per heavy atom. The smallest absolute Gasteiger partial charge is 0.231 e. The van der Waals surface area contributed by atoms with Crippen molar-refractivity contribution in [1.82, 2.24) is 4.90 Å². The van der Waals surface area contributed by atoms with Crippen molar-refractivity contribution in [3.63, 3.8) is 0 Å². The second-order valence-electron chi connectivity index (χ2n) is 3.77. The first-order valence-corrected chi connectivity index (χ1v) is 5.10. The molecule has 0 radical (unpaired) electrons. The van der Waals surface area contributed by atoms with E-state index in [9.17, 15) is 9.90 Å². The van der Waals surface area contributed by atoms with Crippen LogP contribution in [0, 0.1) is 5.41 Å². The zero-order valence-corrected chi connectivity index (χ0v) is 8.55. The average molecular weight is 185 g/mol. The summed E-state index contributed by atoms with van der Waals surface area (Å²) in [6, 6.07) is 0. The Hall–Kier alpha value is -0.570. The van der Waals surface area contributed by atoms with E-state index in [0.29, 0.717) is 0 Å². The Bertz CT molecular complexity index is 178. The summed E-state index contributed by atoms with van der Waals surface area (Å²) in [6.07, 6.45) is 2.80. The molecule has 1 N–H and O–H groups in total. The van der Waals surface area contributed by atoms with Gasteiger partial charge in [0.15, 0.2) is 0 Å². The molecule has 0 aromatic heterocycles. The molecule has 1 amide bonds. The van der Waals surface area contributed by atoms with Crippen LogP contribution in [0.2, 0.25) is 0 Å². The minimum atomic E-state index is -0.411. The predicted molar refractivity (Wildman–Crippen MR) is 51.3 cm³/mol. The lowest BCUT2D eigenvalue weighted by Crippen LogP contribution is -2.50. The van der Waals surface area contributed by atoms with Gasteiger partial charge in [-0.05, 0) is 26.7 Å². The summed E-state index contributed by atoms with van der Waals surface area (Å²) in [6.45, 7) is 5.47. The highest BCUT2D eigenvalue weighted by molar-refractivity contribution is 5.83. The summed E-state index contributed by atoms with van der Waals surface area (Å²) in [4.78, 5) is 13.7. The summed E-state index contributed by atoms with van der Waals surface area (Å²) >= 11 is 0. The molecule has 1 saturated carbocycles. The number of hydrogen-bond acceptors (Lipinski definition) is 2. The van der Waals surface area contributed by atoms with Gasteiger partial charge < -0.3 is 10.0 Å². The van der Waals surface area contributed by atoms with Crippen LogP contribution in [0.3, 0.4) is 0 Å². The van der Waals surface area contributed by atoms with E-state index in [1.807, 2.05) is 18.7 Å². The molecular formula is C10H19NO2. The second kappa shape index (κ2) is 4.09. The lowest BCUT2D eigenvalue weighted by Gasteiger charge is -2.41. The fourth-order valence-electron chi connectivity index (χ4n) is 1.89. The van der Waals surface area contributed by atoms with Crippen LogP contribution in [0.4, 0.5) is 0 Å². The molecule has 1 rings (SSSR count). The van der Waals surface area contributed by atoms with E-state index in [1.54, 1.807) is 0 Å². The van der Waals surface area contributed by atoms with Gasteiger partial charge in [-0.1, -0.05) is 6.42 Å². The molecule has 1 aliphatic rings. The predicted octanol–water partition coefficient (Wildman–Crippen LogP) is 1.02. The van der Waals surface area contributed by atoms with Gasteiger partial charge in [0.2, 0.25) is 5.91 Å². The van der Waals surface area contributed by atoms with Crippen molar-refractivity contribution in [3.8, 4) is 0 Å². The third kappa shape index (κ3) is 1.70. The molecule has 0 aromatic carbocycles. The van der Waals surface area contributed by atoms with Gasteiger partial charge in [-0.25, -0.2) is 0 Å². The SMILES string of the molecule is CCN(CC)C(=O)C1(CO)CCC1. The molecule has 0 atom stereocenters. The minimum absolute atomic E-state index is 0.0162. The maximum atomic E-state index is 11.9. The monoisotopic (exact) mass is 185 g/mol. The minimum Gasteiger partial charge on any atom is -0.395 e. The number of carbonyl (C=O) groups is 1. The zero-order chi connectivity index (χ0) is 9.90. The molecule has 13 heavy (non-hydrogen) atoms. The van der Waals surface area contributed by atoms with Crippen LogP contribution >= 0.6 is 0 Å². The first kappa shape index (κ1) is 10.5. The summed E-state index contributed by atoms with van der Waals surface area (Å²) < 4.78 is 0. The van der Waals surface area contributed by atoms with Crippen LogP contribution in [0.5, 0.6) is 0 Å². The number of amides is 1. The van der Waals surface area contributed by atoms with Gasteiger partial charge in [0, 0.05) is 13.1 Å². The standard InChI is InChI=1S/C10H19NO2/c1-3-11(4-2)9(13)10(8-12)6-5-7-10/h12H,3-8H2,1-2H3. The highest BCUT2D eigenvalue weighted by Gasteiger charge is 2.45. The fourth-order valence-corrected chi connectivity index (χ4v) is 1.89. The maximum Gasteiger partial charge on any atom is 0.231 e. The third-order valence-corrected chi connectivity index (χ3v) is 3.12. The number of nitrogens with zero attached hydrogens (tertiary/aromatic N) is 1. The fraction of sp³-hybridized carbons (Fsp3) is 0.900. The van der Waals surface area contributed by atoms with Crippen LogP contribution in [0.1, 0.15) is 33.1 Å². The van der Waals surface area contributed by atoms with Crippen molar-refractivity contribution in [2.75, 3.05) is 19.7 Å². The maximum absolute atomic E-state index is 11.9. The topological polar surface area (TPSA) is 40.5 Å². The highest BCUT2D eigenvalue weighted by atomic mass is 16.3. The van der Waals surface area contributed by atoms with Crippen LogP contribution in [-0.2, 0) is 4.79 Å². The van der Waals surface area contributed by atoms with Crippen molar-refractivity contribution in [1.29, 1.82) is 0 Å². The van der Waals surface area contributed by atoms with Crippen molar-refractivity contribution < 1.29 is 9.90 Å². The molecule has 0 aliphatic heterocycles. The van der Waals surface area contributed by atoms with Crippen LogP contribution in [0.15, 0.2) is 0 Å². The van der Waals surface area contributed by atoms with Crippen LogP contribution < -0.4 is 0 Å². The molecule has 0 heterocycles. The van der Waals surface area contributed by atoms with E-state index in [1.165, 1.54) is 0 Å². The number of hydrogen-bond donors (Lipinski definition) is 1. The lowest BCUT2D eigenvalue weighted by molar-refractivity contribution is -0.150. The normalized spacial score (nSPS) is 19.3. The summed E-state index contributed by atoms with van der Waals surface area (Å²) in [5.41, 5.74) is -0.411. The van der Waals surface area contributed by atoms with E-state index in [2.05, 4.69) is 0 Å². The van der Waals surface area contributed by atoms with E-state index < -0.39 is 5.41 Å². The Balaban J connectivity index is 2.63. The Morgan fingerprint density at radius 3 is 2.15 bits per heavy atom. The summed E-state index contributed by atoms with van der Waals surface area (Å²) in [7, 11) is 0. The Kier molecular flexibility index (Phi) is 3.31. The van der Waals surface area contributed by atoms with Gasteiger partial charge in [0.1, 0.15) is 0 Å². The Labute approximate surface area is 79.7 Å². The Morgan fingerprint density at radius 1 is 1.38 bits per heavy atom. The van der Waals surface area contributed by atoms with E-state index in [4.69, 9.17) is 0 Å². The number of aliphatic hydroxyl groups excluding tert-OH is 1.